The summed E-state index contributed by atoms with van der Waals surface area (Å²) >= 11 is 0. The number of carbonyl (C=O) groups is 2. The summed E-state index contributed by atoms with van der Waals surface area (Å²) in [7, 11) is 0. The fraction of sp³-hybridized carbons (Fsp3) is 0.333. The molecular weight excluding hydrogens is 361 g/mol. The lowest BCUT2D eigenvalue weighted by atomic mass is 10.1. The van der Waals surface area contributed by atoms with E-state index in [0.29, 0.717) is 38.3 Å². The third kappa shape index (κ3) is 5.45. The smallest absolute Gasteiger partial charge is 0.319 e. The van der Waals surface area contributed by atoms with E-state index in [1.807, 2.05) is 6.92 Å². The van der Waals surface area contributed by atoms with Crippen molar-refractivity contribution in [1.82, 2.24) is 10.2 Å². The zero-order valence-electron chi connectivity index (χ0n) is 15.8. The van der Waals surface area contributed by atoms with Gasteiger partial charge in [0.2, 0.25) is 5.91 Å². The summed E-state index contributed by atoms with van der Waals surface area (Å²) < 4.78 is 18.4. The van der Waals surface area contributed by atoms with Crippen LogP contribution in [0.2, 0.25) is 0 Å². The molecule has 28 heavy (non-hydrogen) atoms. The molecule has 1 aliphatic heterocycles. The van der Waals surface area contributed by atoms with Crippen molar-refractivity contribution < 1.29 is 18.7 Å². The maximum atomic E-state index is 13.0. The van der Waals surface area contributed by atoms with E-state index < -0.39 is 0 Å². The lowest BCUT2D eigenvalue weighted by molar-refractivity contribution is -0.128. The first-order chi connectivity index (χ1) is 13.5. The van der Waals surface area contributed by atoms with Crippen LogP contribution in [0, 0.1) is 11.7 Å². The number of amides is 3. The summed E-state index contributed by atoms with van der Waals surface area (Å²) in [5, 5.41) is 5.58. The average Bonchev–Trinajstić information content (AvgIpc) is 3.03. The van der Waals surface area contributed by atoms with Gasteiger partial charge in [-0.15, -0.1) is 0 Å². The third-order valence-corrected chi connectivity index (χ3v) is 4.56. The highest BCUT2D eigenvalue weighted by Gasteiger charge is 2.29. The molecule has 0 unspecified atom stereocenters. The maximum Gasteiger partial charge on any atom is 0.319 e. The average molecular weight is 385 g/mol. The molecule has 1 fully saturated rings. The topological polar surface area (TPSA) is 70.7 Å². The van der Waals surface area contributed by atoms with E-state index in [9.17, 15) is 14.0 Å². The van der Waals surface area contributed by atoms with Crippen LogP contribution in [0.1, 0.15) is 18.9 Å². The minimum atomic E-state index is -0.311. The van der Waals surface area contributed by atoms with Gasteiger partial charge in [0.1, 0.15) is 11.6 Å². The second-order valence-corrected chi connectivity index (χ2v) is 6.76. The Morgan fingerprint density at radius 2 is 1.89 bits per heavy atom. The molecule has 0 bridgehead atoms. The number of nitrogens with one attached hydrogen (secondary N) is 2. The van der Waals surface area contributed by atoms with Crippen molar-refractivity contribution >= 4 is 17.6 Å². The summed E-state index contributed by atoms with van der Waals surface area (Å²) in [6.45, 7) is 3.93. The quantitative estimate of drug-likeness (QED) is 0.768. The first-order valence-electron chi connectivity index (χ1n) is 9.33. The minimum absolute atomic E-state index is 0.0445. The van der Waals surface area contributed by atoms with Crippen LogP contribution in [-0.4, -0.2) is 36.5 Å². The molecule has 0 aromatic heterocycles. The molecule has 1 atom stereocenters. The van der Waals surface area contributed by atoms with Gasteiger partial charge in [0, 0.05) is 37.7 Å². The van der Waals surface area contributed by atoms with Crippen molar-refractivity contribution in [3.63, 3.8) is 0 Å². The number of carbonyl (C=O) groups excluding carboxylic acids is 2. The van der Waals surface area contributed by atoms with Gasteiger partial charge in [-0.25, -0.2) is 9.18 Å². The van der Waals surface area contributed by atoms with Gasteiger partial charge in [0.05, 0.1) is 6.61 Å². The number of hydrogen-bond donors (Lipinski definition) is 2. The summed E-state index contributed by atoms with van der Waals surface area (Å²) in [5.41, 5.74) is 1.55. The lowest BCUT2D eigenvalue weighted by Gasteiger charge is -2.17. The summed E-state index contributed by atoms with van der Waals surface area (Å²) in [6.07, 6.45) is 0.393. The number of nitrogens with zero attached hydrogens (tertiary/aromatic N) is 1. The van der Waals surface area contributed by atoms with Crippen molar-refractivity contribution in [1.29, 1.82) is 0 Å². The number of hydrogen-bond acceptors (Lipinski definition) is 3. The van der Waals surface area contributed by atoms with Crippen molar-refractivity contribution in [3.05, 3.63) is 59.9 Å². The summed E-state index contributed by atoms with van der Waals surface area (Å²) in [6, 6.07) is 13.0. The zero-order chi connectivity index (χ0) is 19.9. The second kappa shape index (κ2) is 9.21. The highest BCUT2D eigenvalue weighted by molar-refractivity contribution is 5.89. The summed E-state index contributed by atoms with van der Waals surface area (Å²) in [4.78, 5) is 26.0. The molecule has 0 aliphatic carbocycles. The number of anilines is 1. The Labute approximate surface area is 163 Å². The van der Waals surface area contributed by atoms with Gasteiger partial charge in [-0.1, -0.05) is 12.1 Å². The normalized spacial score (nSPS) is 16.1. The van der Waals surface area contributed by atoms with Crippen LogP contribution >= 0.6 is 0 Å². The Morgan fingerprint density at radius 3 is 2.57 bits per heavy atom. The van der Waals surface area contributed by atoms with Gasteiger partial charge in [-0.2, -0.15) is 0 Å². The molecule has 1 aliphatic rings. The number of likely N-dealkylation sites (tertiary alicyclic amines) is 1. The second-order valence-electron chi connectivity index (χ2n) is 6.76. The van der Waals surface area contributed by atoms with Gasteiger partial charge in [0.25, 0.3) is 0 Å². The van der Waals surface area contributed by atoms with Crippen molar-refractivity contribution in [3.8, 4) is 5.75 Å². The Bertz CT molecular complexity index is 809. The van der Waals surface area contributed by atoms with Crippen molar-refractivity contribution in [2.75, 3.05) is 25.0 Å². The number of halogens is 1. The first-order valence-corrected chi connectivity index (χ1v) is 9.33. The molecule has 0 saturated carbocycles. The first kappa shape index (κ1) is 19.7. The van der Waals surface area contributed by atoms with Crippen LogP contribution in [0.25, 0.3) is 0 Å². The molecular formula is C21H24FN3O3. The number of urea groups is 1. The largest absolute Gasteiger partial charge is 0.494 e. The standard InChI is InChI=1S/C21H24FN3O3/c1-2-28-19-9-7-18(8-10-19)24-21(27)23-12-16-11-20(26)25(14-16)13-15-3-5-17(22)6-4-15/h3-10,16H,2,11-14H2,1H3,(H2,23,24,27)/t16-/m0/s1. The van der Waals surface area contributed by atoms with Crippen LogP contribution in [-0.2, 0) is 11.3 Å². The fourth-order valence-electron chi connectivity index (χ4n) is 3.17. The predicted molar refractivity (Wildman–Crippen MR) is 105 cm³/mol. The van der Waals surface area contributed by atoms with E-state index >= 15 is 0 Å². The molecule has 2 N–H and O–H groups in total. The molecule has 0 spiro atoms. The lowest BCUT2D eigenvalue weighted by Crippen LogP contribution is -2.34. The van der Waals surface area contributed by atoms with Crippen LogP contribution in [0.3, 0.4) is 0 Å². The van der Waals surface area contributed by atoms with Crippen LogP contribution < -0.4 is 15.4 Å². The summed E-state index contributed by atoms with van der Waals surface area (Å²) in [5.74, 6) is 0.554. The highest BCUT2D eigenvalue weighted by atomic mass is 19.1. The molecule has 0 radical (unpaired) electrons. The Hall–Kier alpha value is -3.09. The van der Waals surface area contributed by atoms with E-state index in [4.69, 9.17) is 4.74 Å². The molecule has 148 valence electrons. The molecule has 3 amide bonds. The Morgan fingerprint density at radius 1 is 1.18 bits per heavy atom. The van der Waals surface area contributed by atoms with E-state index in [1.165, 1.54) is 12.1 Å². The Balaban J connectivity index is 1.43. The molecule has 7 heteroatoms. The molecule has 1 saturated heterocycles. The monoisotopic (exact) mass is 385 g/mol. The van der Waals surface area contributed by atoms with E-state index in [2.05, 4.69) is 10.6 Å². The molecule has 3 rings (SSSR count). The molecule has 2 aromatic carbocycles. The minimum Gasteiger partial charge on any atom is -0.494 e. The third-order valence-electron chi connectivity index (χ3n) is 4.56. The van der Waals surface area contributed by atoms with Gasteiger partial charge in [0.15, 0.2) is 0 Å². The molecule has 1 heterocycles. The maximum absolute atomic E-state index is 13.0. The van der Waals surface area contributed by atoms with Gasteiger partial charge >= 0.3 is 6.03 Å². The molecule has 2 aromatic rings. The van der Waals surface area contributed by atoms with E-state index in [1.54, 1.807) is 41.3 Å². The fourth-order valence-corrected chi connectivity index (χ4v) is 3.17. The van der Waals surface area contributed by atoms with Gasteiger partial charge in [-0.05, 0) is 48.9 Å². The van der Waals surface area contributed by atoms with Gasteiger partial charge < -0.3 is 20.3 Å². The highest BCUT2D eigenvalue weighted by Crippen LogP contribution is 2.20. The van der Waals surface area contributed by atoms with Crippen molar-refractivity contribution in [2.24, 2.45) is 5.92 Å². The molecule has 6 nitrogen and oxygen atoms in total. The van der Waals surface area contributed by atoms with Crippen LogP contribution in [0.15, 0.2) is 48.5 Å². The van der Waals surface area contributed by atoms with Crippen LogP contribution in [0.4, 0.5) is 14.9 Å². The van der Waals surface area contributed by atoms with Crippen molar-refractivity contribution in [2.45, 2.75) is 19.9 Å². The number of rotatable bonds is 7. The number of benzene rings is 2. The van der Waals surface area contributed by atoms with Gasteiger partial charge in [-0.3, -0.25) is 4.79 Å². The van der Waals surface area contributed by atoms with E-state index in [0.717, 1.165) is 11.3 Å². The SMILES string of the molecule is CCOc1ccc(NC(=O)NC[C@@H]2CC(=O)N(Cc3ccc(F)cc3)C2)cc1. The van der Waals surface area contributed by atoms with E-state index in [-0.39, 0.29) is 23.7 Å². The Kier molecular flexibility index (Phi) is 6.47. The zero-order valence-corrected chi connectivity index (χ0v) is 15.8. The van der Waals surface area contributed by atoms with Crippen LogP contribution in [0.5, 0.6) is 5.75 Å². The number of ether oxygens (including phenoxy) is 1. The predicted octanol–water partition coefficient (Wildman–Crippen LogP) is 3.39.